The van der Waals surface area contributed by atoms with Crippen molar-refractivity contribution in [3.05, 3.63) is 209 Å². The summed E-state index contributed by atoms with van der Waals surface area (Å²) in [6.07, 6.45) is 8.92. The molecule has 7 aromatic carbocycles. The van der Waals surface area contributed by atoms with Gasteiger partial charge in [-0.25, -0.2) is 0 Å². The first kappa shape index (κ1) is 43.7. The topological polar surface area (TPSA) is 6.48 Å². The summed E-state index contributed by atoms with van der Waals surface area (Å²) in [5.74, 6) is 0. The van der Waals surface area contributed by atoms with Crippen LogP contribution >= 0.6 is 0 Å². The SMILES string of the molecule is Cc1cc(N(c2ccc(C)c(C)c2C)c2ccc(C)c(C)c2C)ccc1/C=C/c1ccc(/C=C/c2ccc(N(c3ccc(C)c(C)c3C)c3ccc(C)c(C)c3C)cc2C)cc1. The molecule has 0 amide bonds. The fraction of sp³-hybridized carbons (Fsp3) is 0.233. The van der Waals surface area contributed by atoms with Crippen molar-refractivity contribution in [2.75, 3.05) is 9.80 Å². The molecule has 0 fully saturated rings. The van der Waals surface area contributed by atoms with Gasteiger partial charge in [-0.2, -0.15) is 0 Å². The van der Waals surface area contributed by atoms with Crippen LogP contribution in [0.25, 0.3) is 24.3 Å². The molecule has 0 saturated heterocycles. The summed E-state index contributed by atoms with van der Waals surface area (Å²) in [5, 5.41) is 0. The summed E-state index contributed by atoms with van der Waals surface area (Å²) in [7, 11) is 0. The zero-order valence-electron chi connectivity index (χ0n) is 39.6. The molecule has 0 saturated carbocycles. The summed E-state index contributed by atoms with van der Waals surface area (Å²) in [5.41, 5.74) is 30.4. The predicted octanol–water partition coefficient (Wildman–Crippen LogP) is 17.3. The zero-order chi connectivity index (χ0) is 44.6. The highest BCUT2D eigenvalue weighted by atomic mass is 15.2. The lowest BCUT2D eigenvalue weighted by atomic mass is 9.97. The van der Waals surface area contributed by atoms with Crippen LogP contribution in [0, 0.1) is 96.9 Å². The van der Waals surface area contributed by atoms with Crippen LogP contribution in [0.4, 0.5) is 34.1 Å². The summed E-state index contributed by atoms with van der Waals surface area (Å²) in [6, 6.07) is 40.7. The maximum absolute atomic E-state index is 2.45. The van der Waals surface area contributed by atoms with E-state index in [4.69, 9.17) is 0 Å². The molecule has 0 bridgehead atoms. The zero-order valence-corrected chi connectivity index (χ0v) is 39.6. The van der Waals surface area contributed by atoms with Gasteiger partial charge in [-0.1, -0.05) is 85.0 Å². The molecule has 0 aliphatic carbocycles. The number of aryl methyl sites for hydroxylation is 6. The molecule has 7 rings (SSSR count). The van der Waals surface area contributed by atoms with Crippen LogP contribution in [-0.4, -0.2) is 0 Å². The molecule has 0 spiro atoms. The number of anilines is 6. The average Bonchev–Trinajstić information content (AvgIpc) is 3.26. The van der Waals surface area contributed by atoms with Crippen molar-refractivity contribution in [3.63, 3.8) is 0 Å². The van der Waals surface area contributed by atoms with Crippen molar-refractivity contribution >= 4 is 58.4 Å². The third kappa shape index (κ3) is 8.57. The van der Waals surface area contributed by atoms with E-state index in [0.717, 1.165) is 0 Å². The Hall–Kier alpha value is -6.38. The first-order valence-corrected chi connectivity index (χ1v) is 22.1. The standard InChI is InChI=1S/C60H64N2/c1-37-15-31-57(47(11)43(37)7)61(58-32-16-38(2)44(8)48(58)12)55-29-27-53(41(5)35-55)25-23-51-19-21-52(22-20-51)24-26-54-28-30-56(36-42(54)6)62(59-33-17-39(3)45(9)49(59)13)60-34-18-40(4)46(10)50(60)14/h15-36H,1-14H3/b25-23+,26-24+. The van der Waals surface area contributed by atoms with Crippen LogP contribution in [0.15, 0.2) is 109 Å². The minimum absolute atomic E-state index is 1.17. The van der Waals surface area contributed by atoms with Gasteiger partial charge in [0.15, 0.2) is 0 Å². The van der Waals surface area contributed by atoms with Gasteiger partial charge in [0, 0.05) is 34.1 Å². The largest absolute Gasteiger partial charge is 0.310 e. The van der Waals surface area contributed by atoms with Crippen LogP contribution in [0.2, 0.25) is 0 Å². The Balaban J connectivity index is 1.12. The molecule has 314 valence electrons. The van der Waals surface area contributed by atoms with Gasteiger partial charge in [-0.3, -0.25) is 0 Å². The highest BCUT2D eigenvalue weighted by molar-refractivity contribution is 5.85. The lowest BCUT2D eigenvalue weighted by Gasteiger charge is -2.31. The minimum Gasteiger partial charge on any atom is -0.310 e. The maximum Gasteiger partial charge on any atom is 0.0493 e. The van der Waals surface area contributed by atoms with Gasteiger partial charge in [0.2, 0.25) is 0 Å². The summed E-state index contributed by atoms with van der Waals surface area (Å²) >= 11 is 0. The second kappa shape index (κ2) is 17.9. The quantitative estimate of drug-likeness (QED) is 0.127. The first-order chi connectivity index (χ1) is 29.5. The Bertz CT molecular complexity index is 2570. The summed E-state index contributed by atoms with van der Waals surface area (Å²) < 4.78 is 0. The lowest BCUT2D eigenvalue weighted by molar-refractivity contribution is 1.16. The monoisotopic (exact) mass is 813 g/mol. The smallest absolute Gasteiger partial charge is 0.0493 e. The molecule has 0 aromatic heterocycles. The van der Waals surface area contributed by atoms with E-state index >= 15 is 0 Å². The van der Waals surface area contributed by atoms with Crippen LogP contribution in [-0.2, 0) is 0 Å². The maximum atomic E-state index is 2.45. The highest BCUT2D eigenvalue weighted by Crippen LogP contribution is 2.43. The van der Waals surface area contributed by atoms with E-state index in [0.29, 0.717) is 0 Å². The van der Waals surface area contributed by atoms with Crippen LogP contribution in [0.1, 0.15) is 100 Å². The van der Waals surface area contributed by atoms with Gasteiger partial charge in [-0.05, 0) is 246 Å². The third-order valence-corrected chi connectivity index (χ3v) is 14.0. The van der Waals surface area contributed by atoms with Gasteiger partial charge in [-0.15, -0.1) is 0 Å². The molecule has 0 radical (unpaired) electrons. The molecular formula is C60H64N2. The second-order valence-corrected chi connectivity index (χ2v) is 17.7. The van der Waals surface area contributed by atoms with E-state index in [1.807, 2.05) is 0 Å². The molecule has 0 atom stereocenters. The predicted molar refractivity (Wildman–Crippen MR) is 273 cm³/mol. The highest BCUT2D eigenvalue weighted by Gasteiger charge is 2.21. The Morgan fingerprint density at radius 2 is 0.532 bits per heavy atom. The van der Waals surface area contributed by atoms with Crippen molar-refractivity contribution < 1.29 is 0 Å². The van der Waals surface area contributed by atoms with E-state index in [1.54, 1.807) is 0 Å². The molecule has 0 aliphatic heterocycles. The Morgan fingerprint density at radius 1 is 0.258 bits per heavy atom. The van der Waals surface area contributed by atoms with Crippen molar-refractivity contribution in [3.8, 4) is 0 Å². The number of benzene rings is 7. The Kier molecular flexibility index (Phi) is 12.6. The van der Waals surface area contributed by atoms with Crippen molar-refractivity contribution in [2.24, 2.45) is 0 Å². The molecule has 0 aliphatic rings. The molecule has 2 nitrogen and oxygen atoms in total. The molecule has 0 heterocycles. The Labute approximate surface area is 372 Å². The van der Waals surface area contributed by atoms with Gasteiger partial charge in [0.1, 0.15) is 0 Å². The normalized spacial score (nSPS) is 11.6. The fourth-order valence-corrected chi connectivity index (χ4v) is 8.61. The number of hydrogen-bond acceptors (Lipinski definition) is 2. The number of rotatable bonds is 10. The van der Waals surface area contributed by atoms with E-state index in [2.05, 4.69) is 240 Å². The van der Waals surface area contributed by atoms with E-state index in [-0.39, 0.29) is 0 Å². The molecule has 7 aromatic rings. The van der Waals surface area contributed by atoms with Crippen molar-refractivity contribution in [1.82, 2.24) is 0 Å². The van der Waals surface area contributed by atoms with Gasteiger partial charge >= 0.3 is 0 Å². The Morgan fingerprint density at radius 3 is 0.790 bits per heavy atom. The van der Waals surface area contributed by atoms with E-state index in [9.17, 15) is 0 Å². The van der Waals surface area contributed by atoms with Gasteiger partial charge < -0.3 is 9.80 Å². The number of nitrogens with zero attached hydrogens (tertiary/aromatic N) is 2. The molecule has 62 heavy (non-hydrogen) atoms. The third-order valence-electron chi connectivity index (χ3n) is 14.0. The van der Waals surface area contributed by atoms with Crippen molar-refractivity contribution in [2.45, 2.75) is 96.9 Å². The molecular weight excluding hydrogens is 749 g/mol. The van der Waals surface area contributed by atoms with Crippen LogP contribution in [0.3, 0.4) is 0 Å². The minimum atomic E-state index is 1.17. The van der Waals surface area contributed by atoms with E-state index in [1.165, 1.54) is 134 Å². The average molecular weight is 813 g/mol. The second-order valence-electron chi connectivity index (χ2n) is 17.7. The van der Waals surface area contributed by atoms with Crippen LogP contribution < -0.4 is 9.80 Å². The molecule has 2 heteroatoms. The van der Waals surface area contributed by atoms with Gasteiger partial charge in [0.25, 0.3) is 0 Å². The summed E-state index contributed by atoms with van der Waals surface area (Å²) in [6.45, 7) is 31.2. The van der Waals surface area contributed by atoms with E-state index < -0.39 is 0 Å². The first-order valence-electron chi connectivity index (χ1n) is 22.1. The van der Waals surface area contributed by atoms with Gasteiger partial charge in [0.05, 0.1) is 0 Å². The fourth-order valence-electron chi connectivity index (χ4n) is 8.61. The van der Waals surface area contributed by atoms with Crippen molar-refractivity contribution in [1.29, 1.82) is 0 Å². The molecule has 0 N–H and O–H groups in total. The lowest BCUT2D eigenvalue weighted by Crippen LogP contribution is -2.14. The summed E-state index contributed by atoms with van der Waals surface area (Å²) in [4.78, 5) is 4.89. The van der Waals surface area contributed by atoms with Crippen LogP contribution in [0.5, 0.6) is 0 Å². The molecule has 0 unspecified atom stereocenters. The number of hydrogen-bond donors (Lipinski definition) is 0.